The van der Waals surface area contributed by atoms with Gasteiger partial charge in [0, 0.05) is 24.7 Å². The first kappa shape index (κ1) is 20.0. The van der Waals surface area contributed by atoms with Gasteiger partial charge in [-0.1, -0.05) is 61.5 Å². The molecule has 0 bridgehead atoms. The number of likely N-dealkylation sites (N-methyl/N-ethyl adjacent to an activating group) is 1. The number of fused-ring (bicyclic) bond motifs is 1. The zero-order valence-electron chi connectivity index (χ0n) is 17.1. The Morgan fingerprint density at radius 2 is 1.77 bits per heavy atom. The minimum absolute atomic E-state index is 0.00128. The Hall–Kier alpha value is -3.25. The molecule has 0 radical (unpaired) electrons. The van der Waals surface area contributed by atoms with Gasteiger partial charge in [-0.3, -0.25) is 14.5 Å². The Bertz CT molecular complexity index is 1080. The average Bonchev–Trinajstić information content (AvgIpc) is 2.79. The van der Waals surface area contributed by atoms with Gasteiger partial charge in [-0.2, -0.15) is 5.10 Å². The Morgan fingerprint density at radius 1 is 1.03 bits per heavy atom. The van der Waals surface area contributed by atoms with E-state index in [-0.39, 0.29) is 17.5 Å². The molecule has 0 fully saturated rings. The molecule has 1 aromatic heterocycles. The van der Waals surface area contributed by atoms with Gasteiger partial charge >= 0.3 is 0 Å². The van der Waals surface area contributed by atoms with Crippen molar-refractivity contribution < 1.29 is 4.79 Å². The van der Waals surface area contributed by atoms with Crippen LogP contribution in [-0.4, -0.2) is 39.7 Å². The van der Waals surface area contributed by atoms with Crippen molar-refractivity contribution in [3.05, 3.63) is 88.2 Å². The van der Waals surface area contributed by atoms with E-state index in [0.29, 0.717) is 19.5 Å². The van der Waals surface area contributed by atoms with Crippen molar-refractivity contribution >= 4 is 5.91 Å². The molecule has 2 heterocycles. The first-order chi connectivity index (χ1) is 14.7. The summed E-state index contributed by atoms with van der Waals surface area (Å²) in [6.07, 6.45) is 0.706. The number of nitrogens with one attached hydrogen (secondary N) is 1. The second-order valence-corrected chi connectivity index (χ2v) is 7.49. The van der Waals surface area contributed by atoms with Crippen LogP contribution in [0.5, 0.6) is 0 Å². The molecular weight excluding hydrogens is 376 g/mol. The third-order valence-corrected chi connectivity index (χ3v) is 5.61. The van der Waals surface area contributed by atoms with Gasteiger partial charge in [-0.05, 0) is 30.2 Å². The molecule has 154 valence electrons. The summed E-state index contributed by atoms with van der Waals surface area (Å²) in [7, 11) is 0. The van der Waals surface area contributed by atoms with Gasteiger partial charge in [0.15, 0.2) is 0 Å². The van der Waals surface area contributed by atoms with Gasteiger partial charge in [-0.15, -0.1) is 0 Å². The molecule has 2 aromatic carbocycles. The van der Waals surface area contributed by atoms with E-state index in [9.17, 15) is 9.59 Å². The predicted molar refractivity (Wildman–Crippen MR) is 117 cm³/mol. The molecule has 1 aliphatic rings. The van der Waals surface area contributed by atoms with Crippen molar-refractivity contribution in [1.29, 1.82) is 0 Å². The molecule has 30 heavy (non-hydrogen) atoms. The molecule has 0 spiro atoms. The molecule has 4 rings (SSSR count). The molecule has 0 saturated carbocycles. The molecule has 1 aliphatic heterocycles. The van der Waals surface area contributed by atoms with Crippen LogP contribution in [0.3, 0.4) is 0 Å². The zero-order chi connectivity index (χ0) is 20.9. The van der Waals surface area contributed by atoms with Crippen molar-refractivity contribution in [2.45, 2.75) is 32.5 Å². The molecule has 6 heteroatoms. The summed E-state index contributed by atoms with van der Waals surface area (Å²) in [5.41, 5.74) is 4.04. The fourth-order valence-electron chi connectivity index (χ4n) is 3.94. The molecule has 1 amide bonds. The number of hydrogen-bond acceptors (Lipinski definition) is 4. The molecule has 0 saturated heterocycles. The van der Waals surface area contributed by atoms with E-state index in [1.54, 1.807) is 6.07 Å². The van der Waals surface area contributed by atoms with Crippen LogP contribution in [-0.2, 0) is 24.3 Å². The van der Waals surface area contributed by atoms with Gasteiger partial charge in [0.25, 0.3) is 5.56 Å². The predicted octanol–water partition coefficient (Wildman–Crippen LogP) is 2.47. The van der Waals surface area contributed by atoms with E-state index in [2.05, 4.69) is 34.4 Å². The maximum absolute atomic E-state index is 12.9. The summed E-state index contributed by atoms with van der Waals surface area (Å²) >= 11 is 0. The molecule has 3 aromatic rings. The fourth-order valence-corrected chi connectivity index (χ4v) is 3.94. The van der Waals surface area contributed by atoms with E-state index >= 15 is 0 Å². The smallest absolute Gasteiger partial charge is 0.266 e. The number of nitrogens with zero attached hydrogens (tertiary/aromatic N) is 3. The lowest BCUT2D eigenvalue weighted by Crippen LogP contribution is -2.50. The molecular formula is C24H26N4O2. The van der Waals surface area contributed by atoms with Crippen LogP contribution in [0, 0.1) is 0 Å². The molecule has 0 aliphatic carbocycles. The van der Waals surface area contributed by atoms with Crippen molar-refractivity contribution in [2.24, 2.45) is 0 Å². The van der Waals surface area contributed by atoms with Crippen molar-refractivity contribution in [3.8, 4) is 11.3 Å². The Labute approximate surface area is 176 Å². The summed E-state index contributed by atoms with van der Waals surface area (Å²) < 4.78 is 1.41. The summed E-state index contributed by atoms with van der Waals surface area (Å²) in [6.45, 7) is 4.37. The lowest BCUT2D eigenvalue weighted by atomic mass is 9.93. The minimum atomic E-state index is -0.190. The third kappa shape index (κ3) is 4.33. The van der Waals surface area contributed by atoms with E-state index in [1.165, 1.54) is 21.9 Å². The standard InChI is InChI=1S/C24H26N4O2/c1-2-27-17-20-11-7-6-10-19(20)16-22(27)24(30)25-14-15-28-23(29)13-12-21(26-28)18-8-4-3-5-9-18/h3-13,22H,2,14-17H2,1H3,(H,25,30). The number of aromatic nitrogens is 2. The number of amides is 1. The molecule has 1 N–H and O–H groups in total. The van der Waals surface area contributed by atoms with E-state index in [4.69, 9.17) is 0 Å². The summed E-state index contributed by atoms with van der Waals surface area (Å²) in [4.78, 5) is 27.3. The highest BCUT2D eigenvalue weighted by atomic mass is 16.2. The van der Waals surface area contributed by atoms with Gasteiger partial charge < -0.3 is 5.32 Å². The largest absolute Gasteiger partial charge is 0.353 e. The first-order valence-electron chi connectivity index (χ1n) is 10.4. The van der Waals surface area contributed by atoms with E-state index < -0.39 is 0 Å². The highest BCUT2D eigenvalue weighted by Crippen LogP contribution is 2.23. The van der Waals surface area contributed by atoms with Crippen LogP contribution in [0.15, 0.2) is 71.5 Å². The lowest BCUT2D eigenvalue weighted by Gasteiger charge is -2.35. The number of carbonyl (C=O) groups is 1. The SMILES string of the molecule is CCN1Cc2ccccc2CC1C(=O)NCCn1nc(-c2ccccc2)ccc1=O. The van der Waals surface area contributed by atoms with Crippen molar-refractivity contribution in [1.82, 2.24) is 20.0 Å². The van der Waals surface area contributed by atoms with Gasteiger partial charge in [0.05, 0.1) is 18.3 Å². The number of carbonyl (C=O) groups excluding carboxylic acids is 1. The topological polar surface area (TPSA) is 67.2 Å². The van der Waals surface area contributed by atoms with Crippen LogP contribution < -0.4 is 10.9 Å². The number of benzene rings is 2. The summed E-state index contributed by atoms with van der Waals surface area (Å²) in [6, 6.07) is 21.1. The monoisotopic (exact) mass is 402 g/mol. The summed E-state index contributed by atoms with van der Waals surface area (Å²) in [5.74, 6) is -0.00128. The Kier molecular flexibility index (Phi) is 6.05. The lowest BCUT2D eigenvalue weighted by molar-refractivity contribution is -0.127. The van der Waals surface area contributed by atoms with Gasteiger partial charge in [0.1, 0.15) is 0 Å². The average molecular weight is 402 g/mol. The second-order valence-electron chi connectivity index (χ2n) is 7.49. The minimum Gasteiger partial charge on any atom is -0.353 e. The van der Waals surface area contributed by atoms with Crippen LogP contribution in [0.2, 0.25) is 0 Å². The number of hydrogen-bond donors (Lipinski definition) is 1. The fraction of sp³-hybridized carbons (Fsp3) is 0.292. The normalized spacial score (nSPS) is 16.1. The second kappa shape index (κ2) is 9.05. The highest BCUT2D eigenvalue weighted by Gasteiger charge is 2.30. The quantitative estimate of drug-likeness (QED) is 0.688. The Balaban J connectivity index is 1.41. The van der Waals surface area contributed by atoms with Gasteiger partial charge in [0.2, 0.25) is 5.91 Å². The van der Waals surface area contributed by atoms with E-state index in [0.717, 1.165) is 24.3 Å². The molecule has 1 atom stereocenters. The molecule has 6 nitrogen and oxygen atoms in total. The van der Waals surface area contributed by atoms with Crippen molar-refractivity contribution in [3.63, 3.8) is 0 Å². The van der Waals surface area contributed by atoms with Crippen molar-refractivity contribution in [2.75, 3.05) is 13.1 Å². The number of rotatable bonds is 6. The summed E-state index contributed by atoms with van der Waals surface area (Å²) in [5, 5.41) is 7.46. The van der Waals surface area contributed by atoms with Crippen LogP contribution in [0.25, 0.3) is 11.3 Å². The van der Waals surface area contributed by atoms with Crippen LogP contribution in [0.1, 0.15) is 18.1 Å². The third-order valence-electron chi connectivity index (χ3n) is 5.61. The highest BCUT2D eigenvalue weighted by molar-refractivity contribution is 5.82. The maximum Gasteiger partial charge on any atom is 0.266 e. The maximum atomic E-state index is 12.9. The van der Waals surface area contributed by atoms with Crippen LogP contribution >= 0.6 is 0 Å². The zero-order valence-corrected chi connectivity index (χ0v) is 17.1. The molecule has 1 unspecified atom stereocenters. The first-order valence-corrected chi connectivity index (χ1v) is 10.4. The van der Waals surface area contributed by atoms with Gasteiger partial charge in [-0.25, -0.2) is 4.68 Å². The van der Waals surface area contributed by atoms with Crippen LogP contribution in [0.4, 0.5) is 0 Å². The Morgan fingerprint density at radius 3 is 2.53 bits per heavy atom. The van der Waals surface area contributed by atoms with E-state index in [1.807, 2.05) is 42.5 Å².